The van der Waals surface area contributed by atoms with Gasteiger partial charge in [-0.25, -0.2) is 9.79 Å². The highest BCUT2D eigenvalue weighted by Gasteiger charge is 2.33. The summed E-state index contributed by atoms with van der Waals surface area (Å²) in [5, 5.41) is 0. The first-order valence-electron chi connectivity index (χ1n) is 14.0. The molecule has 1 unspecified atom stereocenters. The van der Waals surface area contributed by atoms with E-state index >= 15 is 0 Å². The summed E-state index contributed by atoms with van der Waals surface area (Å²) >= 11 is 4.74. The van der Waals surface area contributed by atoms with Crippen LogP contribution < -0.4 is 24.4 Å². The van der Waals surface area contributed by atoms with Crippen LogP contribution in [-0.4, -0.2) is 24.3 Å². The fourth-order valence-corrected chi connectivity index (χ4v) is 6.28. The van der Waals surface area contributed by atoms with Gasteiger partial charge in [-0.15, -0.1) is 0 Å². The number of hydrogen-bond acceptors (Lipinski definition) is 7. The molecule has 0 amide bonds. The van der Waals surface area contributed by atoms with Gasteiger partial charge in [0.1, 0.15) is 6.61 Å². The van der Waals surface area contributed by atoms with Gasteiger partial charge >= 0.3 is 5.97 Å². The molecule has 2 heterocycles. The number of esters is 1. The maximum atomic E-state index is 13.9. The van der Waals surface area contributed by atoms with Crippen LogP contribution in [0, 0.1) is 0 Å². The lowest BCUT2D eigenvalue weighted by molar-refractivity contribution is -0.136. The number of fused-ring (bicyclic) bond motifs is 1. The Labute approximate surface area is 262 Å². The van der Waals surface area contributed by atoms with Gasteiger partial charge in [-0.05, 0) is 72.4 Å². The third-order valence-corrected chi connectivity index (χ3v) is 8.73. The third kappa shape index (κ3) is 6.53. The maximum Gasteiger partial charge on any atom is 0.338 e. The van der Waals surface area contributed by atoms with Crippen molar-refractivity contribution in [3.05, 3.63) is 124 Å². The lowest BCUT2D eigenvalue weighted by atomic mass is 9.93. The van der Waals surface area contributed by atoms with Crippen molar-refractivity contribution in [3.8, 4) is 11.5 Å². The molecule has 1 aromatic heterocycles. The van der Waals surface area contributed by atoms with Gasteiger partial charge in [-0.1, -0.05) is 83.6 Å². The van der Waals surface area contributed by atoms with Crippen LogP contribution in [0.15, 0.2) is 92.3 Å². The van der Waals surface area contributed by atoms with Crippen LogP contribution in [0.4, 0.5) is 0 Å². The van der Waals surface area contributed by atoms with Crippen molar-refractivity contribution >= 4 is 39.3 Å². The number of ether oxygens (including phenoxy) is 3. The minimum atomic E-state index is -0.652. The van der Waals surface area contributed by atoms with Gasteiger partial charge < -0.3 is 14.2 Å². The SMILES string of the molecule is CCOc1cc(C=c2sc3n(c2=O)C(c2ccc(C(C)C)cc2)C(C(=O)OC)=C(C)N=3)ccc1OCc1ccc(Br)cc1. The summed E-state index contributed by atoms with van der Waals surface area (Å²) in [5.41, 5.74) is 4.46. The Morgan fingerprint density at radius 3 is 2.42 bits per heavy atom. The summed E-state index contributed by atoms with van der Waals surface area (Å²) in [6, 6.07) is 20.9. The van der Waals surface area contributed by atoms with Crippen molar-refractivity contribution in [2.45, 2.75) is 46.3 Å². The summed E-state index contributed by atoms with van der Waals surface area (Å²) in [5.74, 6) is 1.06. The van der Waals surface area contributed by atoms with E-state index in [1.165, 1.54) is 24.0 Å². The summed E-state index contributed by atoms with van der Waals surface area (Å²) in [6.45, 7) is 8.80. The molecule has 0 bridgehead atoms. The standard InChI is InChI=1S/C34H33BrN2O5S/c1-6-41-28-17-23(9-16-27(28)42-19-22-7-14-26(35)15-8-22)18-29-32(38)37-31(25-12-10-24(11-13-25)20(2)3)30(33(39)40-5)21(4)36-34(37)43-29/h7-18,20,31H,6,19H2,1-5H3. The zero-order chi connectivity index (χ0) is 30.7. The van der Waals surface area contributed by atoms with Crippen molar-refractivity contribution in [2.75, 3.05) is 13.7 Å². The summed E-state index contributed by atoms with van der Waals surface area (Å²) in [4.78, 5) is 32.1. The molecule has 222 valence electrons. The van der Waals surface area contributed by atoms with Gasteiger partial charge in [0, 0.05) is 4.47 Å². The first-order chi connectivity index (χ1) is 20.7. The lowest BCUT2D eigenvalue weighted by Crippen LogP contribution is -2.39. The summed E-state index contributed by atoms with van der Waals surface area (Å²) in [7, 11) is 1.34. The van der Waals surface area contributed by atoms with E-state index in [1.54, 1.807) is 11.5 Å². The summed E-state index contributed by atoms with van der Waals surface area (Å²) < 4.78 is 20.2. The van der Waals surface area contributed by atoms with E-state index in [9.17, 15) is 9.59 Å². The molecular weight excluding hydrogens is 628 g/mol. The highest BCUT2D eigenvalue weighted by atomic mass is 79.9. The second kappa shape index (κ2) is 13.1. The number of benzene rings is 3. The Balaban J connectivity index is 1.54. The number of aromatic nitrogens is 1. The Morgan fingerprint density at radius 1 is 1.05 bits per heavy atom. The van der Waals surface area contributed by atoms with Gasteiger partial charge in [-0.3, -0.25) is 9.36 Å². The average Bonchev–Trinajstić information content (AvgIpc) is 3.30. The molecule has 3 aromatic carbocycles. The fraction of sp³-hybridized carbons (Fsp3) is 0.265. The van der Waals surface area contributed by atoms with Crippen LogP contribution in [0.25, 0.3) is 6.08 Å². The van der Waals surface area contributed by atoms with E-state index in [4.69, 9.17) is 14.2 Å². The number of carbonyl (C=O) groups excluding carboxylic acids is 1. The highest BCUT2D eigenvalue weighted by Crippen LogP contribution is 2.32. The molecule has 1 atom stereocenters. The van der Waals surface area contributed by atoms with Crippen molar-refractivity contribution < 1.29 is 19.0 Å². The number of nitrogens with zero attached hydrogens (tertiary/aromatic N) is 2. The monoisotopic (exact) mass is 660 g/mol. The number of methoxy groups -OCH3 is 1. The molecule has 1 aliphatic rings. The number of thiazole rings is 1. The predicted octanol–water partition coefficient (Wildman–Crippen LogP) is 6.27. The Morgan fingerprint density at radius 2 is 1.77 bits per heavy atom. The van der Waals surface area contributed by atoms with Gasteiger partial charge in [0.05, 0.1) is 35.6 Å². The minimum absolute atomic E-state index is 0.232. The van der Waals surface area contributed by atoms with Gasteiger partial charge in [0.2, 0.25) is 0 Å². The predicted molar refractivity (Wildman–Crippen MR) is 172 cm³/mol. The molecule has 0 saturated carbocycles. The van der Waals surface area contributed by atoms with E-state index in [2.05, 4.69) is 34.8 Å². The average molecular weight is 662 g/mol. The molecule has 0 saturated heterocycles. The van der Waals surface area contributed by atoms with E-state index in [-0.39, 0.29) is 5.56 Å². The number of allylic oxidation sites excluding steroid dienone is 1. The smallest absolute Gasteiger partial charge is 0.338 e. The van der Waals surface area contributed by atoms with Crippen molar-refractivity contribution in [1.29, 1.82) is 0 Å². The van der Waals surface area contributed by atoms with Crippen LogP contribution in [0.1, 0.15) is 61.9 Å². The molecule has 9 heteroatoms. The van der Waals surface area contributed by atoms with Crippen molar-refractivity contribution in [1.82, 2.24) is 4.57 Å². The third-order valence-electron chi connectivity index (χ3n) is 7.22. The van der Waals surface area contributed by atoms with Crippen LogP contribution in [-0.2, 0) is 16.1 Å². The largest absolute Gasteiger partial charge is 0.490 e. The minimum Gasteiger partial charge on any atom is -0.490 e. The van der Waals surface area contributed by atoms with Crippen molar-refractivity contribution in [2.24, 2.45) is 4.99 Å². The molecule has 7 nitrogen and oxygen atoms in total. The van der Waals surface area contributed by atoms with E-state index in [0.29, 0.717) is 51.2 Å². The van der Waals surface area contributed by atoms with E-state index in [1.807, 2.05) is 79.7 Å². The molecule has 0 radical (unpaired) electrons. The zero-order valence-electron chi connectivity index (χ0n) is 24.7. The van der Waals surface area contributed by atoms with E-state index in [0.717, 1.165) is 21.2 Å². The number of halogens is 1. The second-order valence-corrected chi connectivity index (χ2v) is 12.4. The molecule has 1 aliphatic heterocycles. The van der Waals surface area contributed by atoms with E-state index < -0.39 is 12.0 Å². The fourth-order valence-electron chi connectivity index (χ4n) is 4.97. The first kappa shape index (κ1) is 30.5. The topological polar surface area (TPSA) is 79.1 Å². The Kier molecular flexibility index (Phi) is 9.32. The Hall–Kier alpha value is -3.95. The molecule has 0 fully saturated rings. The summed E-state index contributed by atoms with van der Waals surface area (Å²) in [6.07, 6.45) is 1.82. The lowest BCUT2D eigenvalue weighted by Gasteiger charge is -2.24. The number of rotatable bonds is 9. The van der Waals surface area contributed by atoms with Gasteiger partial charge in [0.15, 0.2) is 16.3 Å². The molecule has 4 aromatic rings. The normalized spacial score (nSPS) is 14.9. The van der Waals surface area contributed by atoms with Gasteiger partial charge in [0.25, 0.3) is 5.56 Å². The molecular formula is C34H33BrN2O5S. The zero-order valence-corrected chi connectivity index (χ0v) is 27.1. The molecule has 0 spiro atoms. The second-order valence-electron chi connectivity index (χ2n) is 10.4. The molecule has 5 rings (SSSR count). The molecule has 0 N–H and O–H groups in total. The highest BCUT2D eigenvalue weighted by molar-refractivity contribution is 9.10. The quantitative estimate of drug-likeness (QED) is 0.198. The van der Waals surface area contributed by atoms with Crippen LogP contribution in [0.2, 0.25) is 0 Å². The van der Waals surface area contributed by atoms with Crippen LogP contribution >= 0.6 is 27.3 Å². The Bertz CT molecular complexity index is 1850. The van der Waals surface area contributed by atoms with Crippen molar-refractivity contribution in [3.63, 3.8) is 0 Å². The van der Waals surface area contributed by atoms with Crippen LogP contribution in [0.3, 0.4) is 0 Å². The number of carbonyl (C=O) groups is 1. The first-order valence-corrected chi connectivity index (χ1v) is 15.7. The van der Waals surface area contributed by atoms with Crippen LogP contribution in [0.5, 0.6) is 11.5 Å². The molecule has 43 heavy (non-hydrogen) atoms. The maximum absolute atomic E-state index is 13.9. The molecule has 0 aliphatic carbocycles. The van der Waals surface area contributed by atoms with Gasteiger partial charge in [-0.2, -0.15) is 0 Å². The number of hydrogen-bond donors (Lipinski definition) is 0.